The van der Waals surface area contributed by atoms with Crippen molar-refractivity contribution in [3.8, 4) is 21.1 Å². The van der Waals surface area contributed by atoms with Crippen LogP contribution in [0.3, 0.4) is 0 Å². The Labute approximate surface area is 168 Å². The minimum absolute atomic E-state index is 0.954. The molecule has 0 saturated heterocycles. The van der Waals surface area contributed by atoms with Gasteiger partial charge in [0, 0.05) is 34.3 Å². The molecule has 6 aromatic rings. The van der Waals surface area contributed by atoms with E-state index < -0.39 is 0 Å². The molecule has 0 saturated carbocycles. The van der Waals surface area contributed by atoms with Crippen LogP contribution in [0.25, 0.3) is 52.6 Å². The van der Waals surface area contributed by atoms with Crippen molar-refractivity contribution in [2.75, 3.05) is 0 Å². The molecule has 0 aliphatic heterocycles. The normalized spacial score (nSPS) is 11.6. The van der Waals surface area contributed by atoms with E-state index >= 15 is 0 Å². The van der Waals surface area contributed by atoms with Crippen molar-refractivity contribution in [1.82, 2.24) is 19.9 Å². The third-order valence-electron chi connectivity index (χ3n) is 4.65. The predicted molar refractivity (Wildman–Crippen MR) is 117 cm³/mol. The van der Waals surface area contributed by atoms with Crippen molar-refractivity contribution < 1.29 is 0 Å². The molecule has 0 unspecified atom stereocenters. The van der Waals surface area contributed by atoms with E-state index in [1.807, 2.05) is 48.8 Å². The van der Waals surface area contributed by atoms with Gasteiger partial charge in [-0.25, -0.2) is 9.97 Å². The Bertz CT molecular complexity index is 1340. The quantitative estimate of drug-likeness (QED) is 0.350. The molecule has 0 N–H and O–H groups in total. The second kappa shape index (κ2) is 6.15. The first-order chi connectivity index (χ1) is 13.8. The summed E-state index contributed by atoms with van der Waals surface area (Å²) in [5.41, 5.74) is 4.05. The molecule has 0 bridgehead atoms. The lowest BCUT2D eigenvalue weighted by Gasteiger charge is -2.00. The summed E-state index contributed by atoms with van der Waals surface area (Å²) in [5.74, 6) is 0. The first-order valence-corrected chi connectivity index (χ1v) is 10.4. The third kappa shape index (κ3) is 2.58. The lowest BCUT2D eigenvalue weighted by atomic mass is 10.2. The van der Waals surface area contributed by atoms with Gasteiger partial charge < -0.3 is 0 Å². The highest BCUT2D eigenvalue weighted by Crippen LogP contribution is 2.37. The van der Waals surface area contributed by atoms with Crippen LogP contribution in [0.1, 0.15) is 0 Å². The molecule has 6 heteroatoms. The van der Waals surface area contributed by atoms with Crippen LogP contribution in [0.5, 0.6) is 0 Å². The number of benzene rings is 2. The molecule has 4 heterocycles. The van der Waals surface area contributed by atoms with Gasteiger partial charge in [0.15, 0.2) is 9.66 Å². The third-order valence-corrected chi connectivity index (χ3v) is 6.78. The summed E-state index contributed by atoms with van der Waals surface area (Å²) in [5, 5.41) is 4.15. The Balaban J connectivity index is 1.41. The minimum Gasteiger partial charge on any atom is -0.256 e. The summed E-state index contributed by atoms with van der Waals surface area (Å²) in [4.78, 5) is 20.6. The van der Waals surface area contributed by atoms with Gasteiger partial charge in [-0.3, -0.25) is 9.97 Å². The number of fused-ring (bicyclic) bond motifs is 3. The van der Waals surface area contributed by atoms with Gasteiger partial charge in [0.1, 0.15) is 10.0 Å². The highest BCUT2D eigenvalue weighted by atomic mass is 32.1. The molecule has 0 amide bonds. The maximum absolute atomic E-state index is 4.81. The van der Waals surface area contributed by atoms with E-state index in [4.69, 9.17) is 9.97 Å². The second-order valence-corrected chi connectivity index (χ2v) is 8.44. The van der Waals surface area contributed by atoms with E-state index in [1.165, 1.54) is 0 Å². The Morgan fingerprint density at radius 3 is 1.54 bits per heavy atom. The van der Waals surface area contributed by atoms with Crippen LogP contribution < -0.4 is 0 Å². The molecule has 0 aliphatic rings. The van der Waals surface area contributed by atoms with Gasteiger partial charge in [0.25, 0.3) is 0 Å². The summed E-state index contributed by atoms with van der Waals surface area (Å²) in [7, 11) is 0. The fourth-order valence-electron chi connectivity index (χ4n) is 3.26. The summed E-state index contributed by atoms with van der Waals surface area (Å²) in [6.45, 7) is 0. The van der Waals surface area contributed by atoms with Crippen molar-refractivity contribution in [3.05, 3.63) is 73.1 Å². The summed E-state index contributed by atoms with van der Waals surface area (Å²) >= 11 is 3.21. The lowest BCUT2D eigenvalue weighted by Crippen LogP contribution is -1.82. The fraction of sp³-hybridized carbons (Fsp3) is 0. The summed E-state index contributed by atoms with van der Waals surface area (Å²) < 4.78 is 0. The highest BCUT2D eigenvalue weighted by Gasteiger charge is 2.14. The first-order valence-electron chi connectivity index (χ1n) is 8.81. The van der Waals surface area contributed by atoms with Crippen LogP contribution in [-0.2, 0) is 0 Å². The van der Waals surface area contributed by atoms with Gasteiger partial charge >= 0.3 is 0 Å². The van der Waals surface area contributed by atoms with Crippen molar-refractivity contribution in [3.63, 3.8) is 0 Å². The highest BCUT2D eigenvalue weighted by molar-refractivity contribution is 7.29. The van der Waals surface area contributed by atoms with Crippen molar-refractivity contribution >= 4 is 54.1 Å². The van der Waals surface area contributed by atoms with E-state index in [9.17, 15) is 0 Å². The monoisotopic (exact) mass is 396 g/mol. The Kier molecular flexibility index (Phi) is 3.47. The van der Waals surface area contributed by atoms with E-state index in [0.29, 0.717) is 0 Å². The number of aromatic nitrogens is 4. The van der Waals surface area contributed by atoms with Crippen molar-refractivity contribution in [1.29, 1.82) is 0 Å². The van der Waals surface area contributed by atoms with E-state index in [-0.39, 0.29) is 0 Å². The van der Waals surface area contributed by atoms with Gasteiger partial charge in [-0.05, 0) is 24.3 Å². The van der Waals surface area contributed by atoms with Crippen LogP contribution in [0.2, 0.25) is 0 Å². The number of hydrogen-bond acceptors (Lipinski definition) is 6. The maximum atomic E-state index is 4.81. The molecule has 4 aromatic heterocycles. The number of thiazole rings is 2. The SMILES string of the molecule is c1ccc2ncc(-c3nc4sc(-c5cnc6ccccc6c5)nc4s3)cc2c1. The van der Waals surface area contributed by atoms with E-state index in [2.05, 4.69) is 34.2 Å². The topological polar surface area (TPSA) is 51.6 Å². The predicted octanol–water partition coefficient (Wildman–Crippen LogP) is 6.18. The van der Waals surface area contributed by atoms with E-state index in [1.54, 1.807) is 22.7 Å². The zero-order valence-corrected chi connectivity index (χ0v) is 16.2. The molecule has 0 atom stereocenters. The molecule has 0 spiro atoms. The Morgan fingerprint density at radius 1 is 0.571 bits per heavy atom. The van der Waals surface area contributed by atoms with Gasteiger partial charge in [-0.15, -0.1) is 0 Å². The number of nitrogens with zero attached hydrogens (tertiary/aromatic N) is 4. The molecule has 0 fully saturated rings. The largest absolute Gasteiger partial charge is 0.256 e. The lowest BCUT2D eigenvalue weighted by molar-refractivity contribution is 1.39. The smallest absolute Gasteiger partial charge is 0.155 e. The van der Waals surface area contributed by atoms with Crippen LogP contribution in [0.15, 0.2) is 73.1 Å². The van der Waals surface area contributed by atoms with Crippen LogP contribution in [-0.4, -0.2) is 19.9 Å². The molecule has 4 nitrogen and oxygen atoms in total. The molecule has 132 valence electrons. The molecule has 6 rings (SSSR count). The molecule has 0 aliphatic carbocycles. The first kappa shape index (κ1) is 15.8. The van der Waals surface area contributed by atoms with Crippen molar-refractivity contribution in [2.45, 2.75) is 0 Å². The van der Waals surface area contributed by atoms with Gasteiger partial charge in [-0.1, -0.05) is 59.1 Å². The zero-order valence-electron chi connectivity index (χ0n) is 14.5. The molecular formula is C22H12N4S2. The van der Waals surface area contributed by atoms with Crippen molar-refractivity contribution in [2.24, 2.45) is 0 Å². The number of pyridine rings is 2. The molecule has 28 heavy (non-hydrogen) atoms. The van der Waals surface area contributed by atoms with Crippen LogP contribution in [0.4, 0.5) is 0 Å². The number of para-hydroxylation sites is 2. The van der Waals surface area contributed by atoms with Crippen LogP contribution >= 0.6 is 22.7 Å². The van der Waals surface area contributed by atoms with Gasteiger partial charge in [0.2, 0.25) is 0 Å². The summed E-state index contributed by atoms with van der Waals surface area (Å²) in [6.07, 6.45) is 3.78. The molecule has 0 radical (unpaired) electrons. The average Bonchev–Trinajstić information content (AvgIpc) is 3.32. The minimum atomic E-state index is 0.954. The molecular weight excluding hydrogens is 384 g/mol. The van der Waals surface area contributed by atoms with Crippen LogP contribution in [0, 0.1) is 0 Å². The average molecular weight is 397 g/mol. The van der Waals surface area contributed by atoms with E-state index in [0.717, 1.165) is 52.6 Å². The zero-order chi connectivity index (χ0) is 18.5. The van der Waals surface area contributed by atoms with Gasteiger partial charge in [0.05, 0.1) is 11.0 Å². The number of rotatable bonds is 2. The standard InChI is InChI=1S/C22H12N4S2/c1-3-7-17-13(5-1)9-15(11-23-17)19-25-21-22(27-19)26-20(28-21)16-10-14-6-2-4-8-18(14)24-12-16/h1-12H. The molecule has 2 aromatic carbocycles. The number of hydrogen-bond donors (Lipinski definition) is 0. The fourth-order valence-corrected chi connectivity index (χ4v) is 5.27. The Morgan fingerprint density at radius 2 is 1.04 bits per heavy atom. The van der Waals surface area contributed by atoms with Gasteiger partial charge in [-0.2, -0.15) is 0 Å². The Hall–Kier alpha value is -3.22. The maximum Gasteiger partial charge on any atom is 0.155 e. The summed E-state index contributed by atoms with van der Waals surface area (Å²) in [6, 6.07) is 20.5. The second-order valence-electron chi connectivity index (χ2n) is 6.48.